The summed E-state index contributed by atoms with van der Waals surface area (Å²) in [5.74, 6) is 0.947. The summed E-state index contributed by atoms with van der Waals surface area (Å²) in [6, 6.07) is 15.0. The van der Waals surface area contributed by atoms with Gasteiger partial charge in [-0.05, 0) is 69.8 Å². The van der Waals surface area contributed by atoms with Gasteiger partial charge in [-0.3, -0.25) is 4.98 Å². The Hall–Kier alpha value is -2.68. The van der Waals surface area contributed by atoms with Crippen molar-refractivity contribution in [2.75, 3.05) is 5.32 Å². The number of aromatic nitrogens is 1. The van der Waals surface area contributed by atoms with Crippen LogP contribution in [0, 0.1) is 17.8 Å². The molecular formula is C26H27FN2. The summed E-state index contributed by atoms with van der Waals surface area (Å²) in [7, 11) is 0. The smallest absolute Gasteiger partial charge is 0.109 e. The lowest BCUT2D eigenvalue weighted by Gasteiger charge is -2.43. The number of hydrogen-bond donors (Lipinski definition) is 1. The van der Waals surface area contributed by atoms with Gasteiger partial charge in [0.25, 0.3) is 0 Å². The first kappa shape index (κ1) is 18.4. The Morgan fingerprint density at radius 3 is 2.83 bits per heavy atom. The molecule has 2 nitrogen and oxygen atoms in total. The predicted molar refractivity (Wildman–Crippen MR) is 119 cm³/mol. The second kappa shape index (κ2) is 7.29. The Morgan fingerprint density at radius 1 is 1.10 bits per heavy atom. The molecule has 2 aliphatic rings. The molecule has 5 rings (SSSR count). The van der Waals surface area contributed by atoms with Crippen LogP contribution in [0.15, 0.2) is 60.9 Å². The first-order valence-corrected chi connectivity index (χ1v) is 10.6. The van der Waals surface area contributed by atoms with Crippen molar-refractivity contribution in [3.63, 3.8) is 0 Å². The van der Waals surface area contributed by atoms with E-state index in [9.17, 15) is 4.39 Å². The molecule has 5 unspecified atom stereocenters. The Bertz CT molecular complexity index is 1060. The minimum atomic E-state index is -0.740. The molecule has 1 heterocycles. The van der Waals surface area contributed by atoms with Crippen LogP contribution in [0.25, 0.3) is 16.8 Å². The number of benzene rings is 2. The summed E-state index contributed by atoms with van der Waals surface area (Å²) >= 11 is 0. The maximum Gasteiger partial charge on any atom is 0.109 e. The number of hydrogen-bond acceptors (Lipinski definition) is 2. The third-order valence-corrected chi connectivity index (χ3v) is 6.84. The summed E-state index contributed by atoms with van der Waals surface area (Å²) in [5.41, 5.74) is 4.86. The topological polar surface area (TPSA) is 24.9 Å². The lowest BCUT2D eigenvalue weighted by Crippen LogP contribution is -2.38. The van der Waals surface area contributed by atoms with Gasteiger partial charge >= 0.3 is 0 Å². The molecule has 0 bridgehead atoms. The molecule has 29 heavy (non-hydrogen) atoms. The number of rotatable bonds is 3. The normalized spacial score (nSPS) is 28.0. The number of halogens is 1. The van der Waals surface area contributed by atoms with Gasteiger partial charge in [0.05, 0.1) is 0 Å². The van der Waals surface area contributed by atoms with E-state index >= 15 is 0 Å². The number of fused-ring (bicyclic) bond motifs is 5. The van der Waals surface area contributed by atoms with Gasteiger partial charge in [0.1, 0.15) is 6.17 Å². The van der Waals surface area contributed by atoms with Crippen LogP contribution in [0.2, 0.25) is 0 Å². The van der Waals surface area contributed by atoms with Crippen LogP contribution in [0.4, 0.5) is 10.1 Å². The Morgan fingerprint density at radius 2 is 2.00 bits per heavy atom. The number of alkyl halides is 1. The van der Waals surface area contributed by atoms with E-state index in [2.05, 4.69) is 72.7 Å². The van der Waals surface area contributed by atoms with Crippen LogP contribution in [-0.4, -0.2) is 11.2 Å². The summed E-state index contributed by atoms with van der Waals surface area (Å²) in [6.45, 7) is 5.10. The fourth-order valence-electron chi connectivity index (χ4n) is 5.43. The Kier molecular flexibility index (Phi) is 4.61. The molecule has 2 aromatic carbocycles. The molecule has 0 radical (unpaired) electrons. The van der Waals surface area contributed by atoms with Crippen LogP contribution < -0.4 is 5.32 Å². The lowest BCUT2D eigenvalue weighted by molar-refractivity contribution is 0.0824. The predicted octanol–water partition coefficient (Wildman–Crippen LogP) is 6.59. The average molecular weight is 387 g/mol. The largest absolute Gasteiger partial charge is 0.381 e. The molecule has 1 N–H and O–H groups in total. The minimum absolute atomic E-state index is 0.0131. The van der Waals surface area contributed by atoms with Crippen molar-refractivity contribution in [3.8, 4) is 0 Å². The molecule has 1 aromatic heterocycles. The zero-order valence-electron chi connectivity index (χ0n) is 17.0. The molecule has 1 saturated carbocycles. The van der Waals surface area contributed by atoms with Crippen molar-refractivity contribution < 1.29 is 4.39 Å². The SMILES string of the molecule is CC1CC(C)C2c3ccc4cc(NCc5cccnc5)ccc4c3C=CC2C1F. The van der Waals surface area contributed by atoms with Crippen LogP contribution in [0.5, 0.6) is 0 Å². The van der Waals surface area contributed by atoms with Crippen molar-refractivity contribution in [2.45, 2.75) is 38.9 Å². The fourth-order valence-corrected chi connectivity index (χ4v) is 5.43. The summed E-state index contributed by atoms with van der Waals surface area (Å²) < 4.78 is 14.9. The van der Waals surface area contributed by atoms with Crippen molar-refractivity contribution in [3.05, 3.63) is 77.6 Å². The summed E-state index contributed by atoms with van der Waals surface area (Å²) in [4.78, 5) is 4.17. The second-order valence-corrected chi connectivity index (χ2v) is 8.82. The number of nitrogens with zero attached hydrogens (tertiary/aromatic N) is 1. The standard InChI is InChI=1S/C26H27FN2/c1-16-12-17(2)26(27)24-10-9-22-21-8-6-20(29-15-18-4-3-11-28-14-18)13-19(21)5-7-23(22)25(16)24/h3-11,13-14,16-17,24-26,29H,12,15H2,1-2H3. The monoisotopic (exact) mass is 386 g/mol. The van der Waals surface area contributed by atoms with Gasteiger partial charge in [-0.1, -0.05) is 50.3 Å². The quantitative estimate of drug-likeness (QED) is 0.549. The highest BCUT2D eigenvalue weighted by molar-refractivity contribution is 5.94. The van der Waals surface area contributed by atoms with Crippen molar-refractivity contribution in [2.24, 2.45) is 17.8 Å². The number of nitrogens with one attached hydrogen (secondary N) is 1. The molecule has 0 aliphatic heterocycles. The molecule has 0 spiro atoms. The molecule has 0 amide bonds. The fraction of sp³-hybridized carbons (Fsp3) is 0.346. The second-order valence-electron chi connectivity index (χ2n) is 8.82. The average Bonchev–Trinajstić information content (AvgIpc) is 2.75. The Balaban J connectivity index is 1.47. The third kappa shape index (κ3) is 3.23. The molecule has 148 valence electrons. The highest BCUT2D eigenvalue weighted by atomic mass is 19.1. The molecule has 1 fully saturated rings. The first-order chi connectivity index (χ1) is 14.1. The van der Waals surface area contributed by atoms with E-state index in [-0.39, 0.29) is 17.8 Å². The minimum Gasteiger partial charge on any atom is -0.381 e. The molecule has 0 saturated heterocycles. The maximum atomic E-state index is 14.9. The zero-order chi connectivity index (χ0) is 20.0. The van der Waals surface area contributed by atoms with E-state index in [1.54, 1.807) is 6.20 Å². The lowest BCUT2D eigenvalue weighted by atomic mass is 9.62. The molecular weight excluding hydrogens is 359 g/mol. The van der Waals surface area contributed by atoms with Gasteiger partial charge in [0.2, 0.25) is 0 Å². The number of allylic oxidation sites excluding steroid dienone is 1. The molecule has 3 aromatic rings. The van der Waals surface area contributed by atoms with Crippen LogP contribution in [0.3, 0.4) is 0 Å². The van der Waals surface area contributed by atoms with Crippen molar-refractivity contribution in [1.29, 1.82) is 0 Å². The van der Waals surface area contributed by atoms with Crippen LogP contribution in [-0.2, 0) is 6.54 Å². The van der Waals surface area contributed by atoms with E-state index in [0.29, 0.717) is 5.92 Å². The van der Waals surface area contributed by atoms with Gasteiger partial charge in [-0.15, -0.1) is 0 Å². The number of pyridine rings is 1. The molecule has 5 atom stereocenters. The summed E-state index contributed by atoms with van der Waals surface area (Å²) in [6.07, 6.45) is 8.20. The van der Waals surface area contributed by atoms with E-state index in [1.165, 1.54) is 21.9 Å². The van der Waals surface area contributed by atoms with Crippen LogP contribution >= 0.6 is 0 Å². The van der Waals surface area contributed by atoms with E-state index < -0.39 is 6.17 Å². The van der Waals surface area contributed by atoms with Gasteiger partial charge in [-0.25, -0.2) is 4.39 Å². The first-order valence-electron chi connectivity index (χ1n) is 10.6. The van der Waals surface area contributed by atoms with Gasteiger partial charge in [-0.2, -0.15) is 0 Å². The highest BCUT2D eigenvalue weighted by Crippen LogP contribution is 2.50. The van der Waals surface area contributed by atoms with Gasteiger partial charge in [0.15, 0.2) is 0 Å². The van der Waals surface area contributed by atoms with Gasteiger partial charge < -0.3 is 5.32 Å². The van der Waals surface area contributed by atoms with Crippen LogP contribution in [0.1, 0.15) is 42.9 Å². The van der Waals surface area contributed by atoms with E-state index in [0.717, 1.165) is 24.2 Å². The summed E-state index contributed by atoms with van der Waals surface area (Å²) in [5, 5.41) is 5.96. The maximum absolute atomic E-state index is 14.9. The molecule has 3 heteroatoms. The number of anilines is 1. The molecule has 2 aliphatic carbocycles. The van der Waals surface area contributed by atoms with Crippen molar-refractivity contribution in [1.82, 2.24) is 4.98 Å². The highest BCUT2D eigenvalue weighted by Gasteiger charge is 2.43. The Labute approximate surface area is 171 Å². The third-order valence-electron chi connectivity index (χ3n) is 6.84. The van der Waals surface area contributed by atoms with Crippen molar-refractivity contribution >= 4 is 22.5 Å². The van der Waals surface area contributed by atoms with E-state index in [4.69, 9.17) is 0 Å². The zero-order valence-corrected chi connectivity index (χ0v) is 17.0. The van der Waals surface area contributed by atoms with E-state index in [1.807, 2.05) is 12.3 Å². The van der Waals surface area contributed by atoms with Gasteiger partial charge in [0, 0.05) is 30.5 Å².